The van der Waals surface area contributed by atoms with Gasteiger partial charge in [-0.2, -0.15) is 0 Å². The van der Waals surface area contributed by atoms with Crippen molar-refractivity contribution >= 4 is 22.7 Å². The highest BCUT2D eigenvalue weighted by atomic mass is 19.1. The highest BCUT2D eigenvalue weighted by molar-refractivity contribution is 6.05. The number of anilines is 1. The predicted octanol–water partition coefficient (Wildman–Crippen LogP) is 3.22. The van der Waals surface area contributed by atoms with Crippen LogP contribution in [0, 0.1) is 5.82 Å². The fourth-order valence-electron chi connectivity index (χ4n) is 1.76. The normalized spacial score (nSPS) is 10.6. The van der Waals surface area contributed by atoms with Gasteiger partial charge in [-0.25, -0.2) is 9.37 Å². The van der Waals surface area contributed by atoms with Crippen LogP contribution in [0.25, 0.3) is 11.1 Å². The molecular formula is C14H9FN2O2. The van der Waals surface area contributed by atoms with Gasteiger partial charge in [-0.3, -0.25) is 4.79 Å². The highest BCUT2D eigenvalue weighted by Gasteiger charge is 2.10. The Bertz CT molecular complexity index is 752. The van der Waals surface area contributed by atoms with Crippen molar-refractivity contribution in [2.24, 2.45) is 0 Å². The van der Waals surface area contributed by atoms with Crippen LogP contribution in [0.15, 0.2) is 53.3 Å². The molecule has 0 saturated carbocycles. The predicted molar refractivity (Wildman–Crippen MR) is 68.4 cm³/mol. The number of hydrogen-bond donors (Lipinski definition) is 1. The largest absolute Gasteiger partial charge is 0.443 e. The summed E-state index contributed by atoms with van der Waals surface area (Å²) in [5, 5.41) is 2.51. The van der Waals surface area contributed by atoms with Gasteiger partial charge < -0.3 is 9.73 Å². The smallest absolute Gasteiger partial charge is 0.255 e. The first kappa shape index (κ1) is 11.4. The van der Waals surface area contributed by atoms with Crippen LogP contribution < -0.4 is 5.32 Å². The first-order valence-corrected chi connectivity index (χ1v) is 5.63. The zero-order valence-corrected chi connectivity index (χ0v) is 9.76. The zero-order valence-electron chi connectivity index (χ0n) is 9.76. The Morgan fingerprint density at radius 3 is 2.89 bits per heavy atom. The number of nitrogens with zero attached hydrogens (tertiary/aromatic N) is 1. The van der Waals surface area contributed by atoms with Crippen LogP contribution in [0.5, 0.6) is 0 Å². The molecule has 94 valence electrons. The average molecular weight is 256 g/mol. The number of amides is 1. The molecule has 0 aliphatic carbocycles. The lowest BCUT2D eigenvalue weighted by atomic mass is 10.2. The number of aromatic nitrogens is 1. The molecule has 0 radical (unpaired) electrons. The summed E-state index contributed by atoms with van der Waals surface area (Å²) in [5.74, 6) is -0.867. The van der Waals surface area contributed by atoms with Crippen LogP contribution >= 0.6 is 0 Å². The van der Waals surface area contributed by atoms with Crippen LogP contribution in [-0.2, 0) is 0 Å². The number of oxazole rings is 1. The van der Waals surface area contributed by atoms with E-state index in [2.05, 4.69) is 10.3 Å². The molecule has 1 N–H and O–H groups in total. The number of hydrogen-bond acceptors (Lipinski definition) is 3. The van der Waals surface area contributed by atoms with E-state index in [1.54, 1.807) is 30.3 Å². The Balaban J connectivity index is 1.89. The summed E-state index contributed by atoms with van der Waals surface area (Å²) in [6.07, 6.45) is 1.31. The summed E-state index contributed by atoms with van der Waals surface area (Å²) in [6, 6.07) is 10.8. The topological polar surface area (TPSA) is 55.1 Å². The molecule has 0 unspecified atom stereocenters. The Hall–Kier alpha value is -2.69. The third kappa shape index (κ3) is 2.18. The van der Waals surface area contributed by atoms with Gasteiger partial charge in [0.25, 0.3) is 5.91 Å². The molecule has 0 aliphatic rings. The fraction of sp³-hybridized carbons (Fsp3) is 0. The number of carbonyl (C=O) groups is 1. The minimum absolute atomic E-state index is 0.146. The summed E-state index contributed by atoms with van der Waals surface area (Å²) in [5.41, 5.74) is 1.72. The van der Waals surface area contributed by atoms with Crippen molar-refractivity contribution in [3.05, 3.63) is 60.2 Å². The Kier molecular flexibility index (Phi) is 2.72. The third-order valence-electron chi connectivity index (χ3n) is 2.71. The van der Waals surface area contributed by atoms with Gasteiger partial charge in [-0.1, -0.05) is 12.1 Å². The average Bonchev–Trinajstić information content (AvgIpc) is 2.88. The summed E-state index contributed by atoms with van der Waals surface area (Å²) in [6.45, 7) is 0. The van der Waals surface area contributed by atoms with Gasteiger partial charge in [-0.15, -0.1) is 0 Å². The minimum Gasteiger partial charge on any atom is -0.443 e. The maximum Gasteiger partial charge on any atom is 0.255 e. The molecule has 1 amide bonds. The standard InChI is InChI=1S/C14H9FN2O2/c15-10-3-1-2-4-11(10)17-14(18)9-5-6-13-12(7-9)16-8-19-13/h1-8H,(H,17,18). The number of para-hydroxylation sites is 1. The first-order chi connectivity index (χ1) is 9.24. The number of benzene rings is 2. The van der Waals surface area contributed by atoms with Crippen molar-refractivity contribution in [1.82, 2.24) is 4.98 Å². The molecule has 0 atom stereocenters. The molecule has 19 heavy (non-hydrogen) atoms. The van der Waals surface area contributed by atoms with Crippen molar-refractivity contribution in [3.63, 3.8) is 0 Å². The van der Waals surface area contributed by atoms with Crippen molar-refractivity contribution in [2.45, 2.75) is 0 Å². The van der Waals surface area contributed by atoms with Crippen LogP contribution in [0.3, 0.4) is 0 Å². The summed E-state index contributed by atoms with van der Waals surface area (Å²) in [7, 11) is 0. The van der Waals surface area contributed by atoms with Gasteiger partial charge in [-0.05, 0) is 30.3 Å². The van der Waals surface area contributed by atoms with Gasteiger partial charge >= 0.3 is 0 Å². The van der Waals surface area contributed by atoms with Crippen LogP contribution in [0.4, 0.5) is 10.1 Å². The molecule has 0 saturated heterocycles. The SMILES string of the molecule is O=C(Nc1ccccc1F)c1ccc2ocnc2c1. The lowest BCUT2D eigenvalue weighted by Gasteiger charge is -2.05. The number of halogens is 1. The number of carbonyl (C=O) groups excluding carboxylic acids is 1. The maximum atomic E-state index is 13.4. The molecule has 3 aromatic rings. The van der Waals surface area contributed by atoms with Gasteiger partial charge in [0.1, 0.15) is 11.3 Å². The molecule has 0 aliphatic heterocycles. The second-order valence-electron chi connectivity index (χ2n) is 3.97. The first-order valence-electron chi connectivity index (χ1n) is 5.63. The van der Waals surface area contributed by atoms with E-state index in [0.717, 1.165) is 0 Å². The lowest BCUT2D eigenvalue weighted by Crippen LogP contribution is -2.12. The highest BCUT2D eigenvalue weighted by Crippen LogP contribution is 2.17. The molecule has 2 aromatic carbocycles. The van der Waals surface area contributed by atoms with E-state index < -0.39 is 11.7 Å². The number of fused-ring (bicyclic) bond motifs is 1. The van der Waals surface area contributed by atoms with Gasteiger partial charge in [0.05, 0.1) is 5.69 Å². The van der Waals surface area contributed by atoms with Crippen molar-refractivity contribution in [2.75, 3.05) is 5.32 Å². The second kappa shape index (κ2) is 4.53. The van der Waals surface area contributed by atoms with Crippen molar-refractivity contribution < 1.29 is 13.6 Å². The van der Waals surface area contributed by atoms with Gasteiger partial charge in [0, 0.05) is 5.56 Å². The zero-order chi connectivity index (χ0) is 13.2. The Labute approximate surface area is 107 Å². The number of rotatable bonds is 2. The van der Waals surface area contributed by atoms with Crippen molar-refractivity contribution in [3.8, 4) is 0 Å². The van der Waals surface area contributed by atoms with E-state index in [-0.39, 0.29) is 5.69 Å². The monoisotopic (exact) mass is 256 g/mol. The van der Waals surface area contributed by atoms with Crippen LogP contribution in [0.2, 0.25) is 0 Å². The van der Waals surface area contributed by atoms with E-state index in [1.807, 2.05) is 0 Å². The van der Waals surface area contributed by atoms with Crippen LogP contribution in [0.1, 0.15) is 10.4 Å². The Morgan fingerprint density at radius 2 is 2.05 bits per heavy atom. The Morgan fingerprint density at radius 1 is 1.21 bits per heavy atom. The van der Waals surface area contributed by atoms with Gasteiger partial charge in [0.15, 0.2) is 12.0 Å². The van der Waals surface area contributed by atoms with E-state index in [9.17, 15) is 9.18 Å². The molecule has 3 rings (SSSR count). The molecule has 1 heterocycles. The molecule has 0 fully saturated rings. The van der Waals surface area contributed by atoms with E-state index in [1.165, 1.54) is 18.5 Å². The quantitative estimate of drug-likeness (QED) is 0.765. The molecule has 5 heteroatoms. The van der Waals surface area contributed by atoms with Crippen molar-refractivity contribution in [1.29, 1.82) is 0 Å². The summed E-state index contributed by atoms with van der Waals surface area (Å²) >= 11 is 0. The van der Waals surface area contributed by atoms with E-state index in [4.69, 9.17) is 4.42 Å². The lowest BCUT2D eigenvalue weighted by molar-refractivity contribution is 0.102. The van der Waals surface area contributed by atoms with E-state index in [0.29, 0.717) is 16.7 Å². The minimum atomic E-state index is -0.474. The second-order valence-corrected chi connectivity index (χ2v) is 3.97. The molecule has 0 spiro atoms. The third-order valence-corrected chi connectivity index (χ3v) is 2.71. The van der Waals surface area contributed by atoms with E-state index >= 15 is 0 Å². The fourth-order valence-corrected chi connectivity index (χ4v) is 1.76. The molecule has 0 bridgehead atoms. The summed E-state index contributed by atoms with van der Waals surface area (Å²) < 4.78 is 18.5. The molecular weight excluding hydrogens is 247 g/mol. The molecule has 1 aromatic heterocycles. The summed E-state index contributed by atoms with van der Waals surface area (Å²) in [4.78, 5) is 16.0. The van der Waals surface area contributed by atoms with Crippen LogP contribution in [-0.4, -0.2) is 10.9 Å². The number of nitrogens with one attached hydrogen (secondary N) is 1. The van der Waals surface area contributed by atoms with Gasteiger partial charge in [0.2, 0.25) is 0 Å². The maximum absolute atomic E-state index is 13.4. The molecule has 4 nitrogen and oxygen atoms in total.